The molecule has 1 saturated heterocycles. The number of hydrogen-bond acceptors (Lipinski definition) is 6. The molecule has 0 amide bonds. The largest absolute Gasteiger partial charge is 0.392 e. The quantitative estimate of drug-likeness (QED) is 0.787. The van der Waals surface area contributed by atoms with Gasteiger partial charge in [0.2, 0.25) is 5.13 Å². The molecule has 0 aliphatic carbocycles. The van der Waals surface area contributed by atoms with Gasteiger partial charge in [0.1, 0.15) is 0 Å². The lowest BCUT2D eigenvalue weighted by atomic mass is 10.0. The van der Waals surface area contributed by atoms with Gasteiger partial charge in [0.05, 0.1) is 12.8 Å². The smallest absolute Gasteiger partial charge is 0.209 e. The molecular formula is C17H24N4OS2. The summed E-state index contributed by atoms with van der Waals surface area (Å²) in [4.78, 5) is 2.20. The van der Waals surface area contributed by atoms with Crippen LogP contribution in [0.3, 0.4) is 0 Å². The van der Waals surface area contributed by atoms with Crippen molar-refractivity contribution in [3.05, 3.63) is 33.8 Å². The van der Waals surface area contributed by atoms with Crippen molar-refractivity contribution in [1.29, 1.82) is 0 Å². The van der Waals surface area contributed by atoms with Crippen LogP contribution in [-0.4, -0.2) is 39.0 Å². The first-order valence-electron chi connectivity index (χ1n) is 8.36. The fourth-order valence-corrected chi connectivity index (χ4v) is 3.88. The zero-order valence-electron chi connectivity index (χ0n) is 14.1. The third kappa shape index (κ3) is 4.42. The predicted octanol–water partition coefficient (Wildman–Crippen LogP) is 3.96. The summed E-state index contributed by atoms with van der Waals surface area (Å²) in [6.45, 7) is 6.69. The van der Waals surface area contributed by atoms with Crippen molar-refractivity contribution in [1.82, 2.24) is 14.7 Å². The van der Waals surface area contributed by atoms with Crippen LogP contribution in [0.4, 0.5) is 10.8 Å². The highest BCUT2D eigenvalue weighted by Crippen LogP contribution is 2.23. The number of aliphatic hydroxyl groups is 1. The van der Waals surface area contributed by atoms with Crippen molar-refractivity contribution in [3.8, 4) is 0 Å². The van der Waals surface area contributed by atoms with Crippen LogP contribution in [-0.2, 0) is 6.67 Å². The van der Waals surface area contributed by atoms with Gasteiger partial charge in [0, 0.05) is 18.8 Å². The van der Waals surface area contributed by atoms with Crippen LogP contribution in [0.2, 0.25) is 0 Å². The van der Waals surface area contributed by atoms with Crippen LogP contribution >= 0.6 is 23.6 Å². The Hall–Kier alpha value is -1.28. The second-order valence-corrected chi connectivity index (χ2v) is 8.21. The van der Waals surface area contributed by atoms with Crippen molar-refractivity contribution in [2.24, 2.45) is 0 Å². The minimum atomic E-state index is -0.233. The van der Waals surface area contributed by atoms with E-state index in [0.29, 0.717) is 19.1 Å². The minimum Gasteiger partial charge on any atom is -0.392 e. The molecule has 1 aliphatic rings. The van der Waals surface area contributed by atoms with E-state index >= 15 is 0 Å². The third-order valence-electron chi connectivity index (χ3n) is 4.25. The van der Waals surface area contributed by atoms with Crippen molar-refractivity contribution in [3.63, 3.8) is 0 Å². The summed E-state index contributed by atoms with van der Waals surface area (Å²) in [6.07, 6.45) is 1.67. The zero-order chi connectivity index (χ0) is 17.1. The standard InChI is InChI=1S/C17H24N4OS2/c1-12(2)13-5-7-14(8-6-13)18-16-19-21(17(23)24-16)11-20-9-3-4-15(22)10-20/h5-8,12,15,22H,3-4,9-11H2,1-2H3,(H,18,19)/t15-/m0/s1. The molecule has 0 saturated carbocycles. The van der Waals surface area contributed by atoms with Crippen molar-refractivity contribution in [2.45, 2.75) is 45.4 Å². The summed E-state index contributed by atoms with van der Waals surface area (Å²) in [7, 11) is 0. The number of piperidine rings is 1. The molecule has 130 valence electrons. The number of likely N-dealkylation sites (tertiary alicyclic amines) is 1. The molecule has 0 bridgehead atoms. The molecule has 0 radical (unpaired) electrons. The van der Waals surface area contributed by atoms with Gasteiger partial charge in [-0.1, -0.05) is 37.3 Å². The molecule has 1 atom stereocenters. The normalized spacial score (nSPS) is 18.9. The van der Waals surface area contributed by atoms with Crippen LogP contribution in [0, 0.1) is 3.95 Å². The van der Waals surface area contributed by atoms with Crippen LogP contribution in [0.15, 0.2) is 24.3 Å². The van der Waals surface area contributed by atoms with Gasteiger partial charge in [-0.3, -0.25) is 4.90 Å². The lowest BCUT2D eigenvalue weighted by molar-refractivity contribution is 0.0516. The fraction of sp³-hybridized carbons (Fsp3) is 0.529. The lowest BCUT2D eigenvalue weighted by Gasteiger charge is -2.29. The van der Waals surface area contributed by atoms with Crippen LogP contribution < -0.4 is 5.32 Å². The van der Waals surface area contributed by atoms with Gasteiger partial charge >= 0.3 is 0 Å². The zero-order valence-corrected chi connectivity index (χ0v) is 15.7. The van der Waals surface area contributed by atoms with E-state index < -0.39 is 0 Å². The SMILES string of the molecule is CC(C)c1ccc(Nc2nn(CN3CCC[C@H](O)C3)c(=S)s2)cc1. The molecule has 7 heteroatoms. The average Bonchev–Trinajstić information content (AvgIpc) is 2.87. The number of aliphatic hydroxyl groups excluding tert-OH is 1. The van der Waals surface area contributed by atoms with E-state index in [1.165, 1.54) is 16.9 Å². The maximum Gasteiger partial charge on any atom is 0.209 e. The Labute approximate surface area is 151 Å². The van der Waals surface area contributed by atoms with E-state index in [-0.39, 0.29) is 6.10 Å². The first kappa shape index (κ1) is 17.5. The topological polar surface area (TPSA) is 53.3 Å². The predicted molar refractivity (Wildman–Crippen MR) is 102 cm³/mol. The average molecular weight is 365 g/mol. The van der Waals surface area contributed by atoms with Crippen molar-refractivity contribution >= 4 is 34.4 Å². The van der Waals surface area contributed by atoms with Crippen LogP contribution in [0.1, 0.15) is 38.2 Å². The molecule has 2 N–H and O–H groups in total. The van der Waals surface area contributed by atoms with Gasteiger partial charge in [-0.05, 0) is 48.7 Å². The Bertz CT molecular complexity index is 723. The van der Waals surface area contributed by atoms with E-state index in [0.717, 1.165) is 34.2 Å². The van der Waals surface area contributed by atoms with Crippen molar-refractivity contribution in [2.75, 3.05) is 18.4 Å². The van der Waals surface area contributed by atoms with E-state index in [1.807, 2.05) is 4.68 Å². The van der Waals surface area contributed by atoms with Gasteiger partial charge in [-0.2, -0.15) is 0 Å². The molecule has 2 heterocycles. The van der Waals surface area contributed by atoms with Gasteiger partial charge in [0.15, 0.2) is 3.95 Å². The Kier molecular flexibility index (Phi) is 5.65. The Balaban J connectivity index is 1.66. The number of anilines is 2. The molecule has 24 heavy (non-hydrogen) atoms. The molecule has 1 aromatic heterocycles. The van der Waals surface area contributed by atoms with E-state index in [2.05, 4.69) is 53.4 Å². The summed E-state index contributed by atoms with van der Waals surface area (Å²) in [6, 6.07) is 8.42. The second kappa shape index (κ2) is 7.74. The maximum absolute atomic E-state index is 9.78. The number of aromatic nitrogens is 2. The summed E-state index contributed by atoms with van der Waals surface area (Å²) in [5.74, 6) is 0.528. The molecule has 2 aromatic rings. The lowest BCUT2D eigenvalue weighted by Crippen LogP contribution is -2.39. The highest BCUT2D eigenvalue weighted by atomic mass is 32.1. The highest BCUT2D eigenvalue weighted by Gasteiger charge is 2.18. The maximum atomic E-state index is 9.78. The first-order chi connectivity index (χ1) is 11.5. The number of benzene rings is 1. The van der Waals surface area contributed by atoms with Gasteiger partial charge in [-0.15, -0.1) is 5.10 Å². The van der Waals surface area contributed by atoms with E-state index in [9.17, 15) is 5.11 Å². The summed E-state index contributed by atoms with van der Waals surface area (Å²) >= 11 is 6.91. The molecule has 0 spiro atoms. The number of hydrogen-bond donors (Lipinski definition) is 2. The molecule has 3 rings (SSSR count). The first-order valence-corrected chi connectivity index (χ1v) is 9.59. The Morgan fingerprint density at radius 2 is 2.12 bits per heavy atom. The van der Waals surface area contributed by atoms with Gasteiger partial charge in [0.25, 0.3) is 0 Å². The van der Waals surface area contributed by atoms with E-state index in [1.54, 1.807) is 0 Å². The Morgan fingerprint density at radius 1 is 1.38 bits per heavy atom. The molecule has 5 nitrogen and oxygen atoms in total. The number of nitrogens with zero attached hydrogens (tertiary/aromatic N) is 3. The third-order valence-corrected chi connectivity index (χ3v) is 5.47. The highest BCUT2D eigenvalue weighted by molar-refractivity contribution is 7.73. The summed E-state index contributed by atoms with van der Waals surface area (Å²) < 4.78 is 2.58. The Morgan fingerprint density at radius 3 is 2.79 bits per heavy atom. The molecule has 1 fully saturated rings. The van der Waals surface area contributed by atoms with Crippen molar-refractivity contribution < 1.29 is 5.11 Å². The summed E-state index contributed by atoms with van der Waals surface area (Å²) in [5, 5.41) is 18.5. The second-order valence-electron chi connectivity index (χ2n) is 6.59. The molecule has 1 aromatic carbocycles. The van der Waals surface area contributed by atoms with Gasteiger partial charge in [-0.25, -0.2) is 4.68 Å². The molecule has 0 unspecified atom stereocenters. The number of nitrogens with one attached hydrogen (secondary N) is 1. The monoisotopic (exact) mass is 364 g/mol. The summed E-state index contributed by atoms with van der Waals surface area (Å²) in [5.41, 5.74) is 2.34. The fourth-order valence-electron chi connectivity index (χ4n) is 2.87. The van der Waals surface area contributed by atoms with Crippen LogP contribution in [0.5, 0.6) is 0 Å². The van der Waals surface area contributed by atoms with E-state index in [4.69, 9.17) is 12.2 Å². The number of β-amino-alcohol motifs (C(OH)–C–C–N with tert-alkyl or cyclic N) is 1. The number of rotatable bonds is 5. The molecule has 1 aliphatic heterocycles. The van der Waals surface area contributed by atoms with Crippen LogP contribution in [0.25, 0.3) is 0 Å². The van der Waals surface area contributed by atoms with Gasteiger partial charge < -0.3 is 10.4 Å². The minimum absolute atomic E-state index is 0.233. The molecular weight excluding hydrogens is 340 g/mol.